The molecule has 1 unspecified atom stereocenters. The summed E-state index contributed by atoms with van der Waals surface area (Å²) in [4.78, 5) is 5.28. The van der Waals surface area contributed by atoms with Gasteiger partial charge in [0.1, 0.15) is 6.29 Å². The molecular weight excluding hydrogens is 372 g/mol. The molecule has 0 aromatic heterocycles. The Morgan fingerprint density at radius 1 is 1.00 bits per heavy atom. The summed E-state index contributed by atoms with van der Waals surface area (Å²) in [5.41, 5.74) is 1.16. The van der Waals surface area contributed by atoms with E-state index in [9.17, 15) is 8.42 Å². The molecule has 2 saturated heterocycles. The van der Waals surface area contributed by atoms with Crippen LogP contribution in [0.3, 0.4) is 0 Å². The van der Waals surface area contributed by atoms with E-state index in [1.807, 2.05) is 12.1 Å². The Kier molecular flexibility index (Phi) is 5.82. The summed E-state index contributed by atoms with van der Waals surface area (Å²) < 4.78 is 28.4. The monoisotopic (exact) mass is 406 g/mol. The topological polar surface area (TPSA) is 55.9 Å². The number of nitrogens with one attached hydrogen (secondary N) is 1. The molecule has 3 aliphatic rings. The van der Waals surface area contributed by atoms with E-state index >= 15 is 0 Å². The summed E-state index contributed by atoms with van der Waals surface area (Å²) in [6, 6.07) is 8.32. The maximum Gasteiger partial charge on any atom is 0.245 e. The van der Waals surface area contributed by atoms with Gasteiger partial charge in [0.05, 0.1) is 4.90 Å². The van der Waals surface area contributed by atoms with Gasteiger partial charge in [0.25, 0.3) is 0 Å². The molecule has 0 radical (unpaired) electrons. The molecule has 2 heterocycles. The van der Waals surface area contributed by atoms with Crippen LogP contribution in [0.2, 0.25) is 0 Å². The molecule has 1 aliphatic carbocycles. The molecule has 0 amide bonds. The van der Waals surface area contributed by atoms with Crippen LogP contribution >= 0.6 is 0 Å². The predicted octanol–water partition coefficient (Wildman–Crippen LogP) is 2.25. The fraction of sp³-hybridized carbons (Fsp3) is 0.714. The number of nitrogens with zero attached hydrogens (tertiary/aromatic N) is 3. The third kappa shape index (κ3) is 3.87. The highest BCUT2D eigenvalue weighted by Crippen LogP contribution is 2.28. The van der Waals surface area contributed by atoms with Gasteiger partial charge < -0.3 is 0 Å². The minimum absolute atomic E-state index is 0.152. The van der Waals surface area contributed by atoms with Gasteiger partial charge in [-0.05, 0) is 43.4 Å². The molecular formula is C21H34N4O2S. The smallest absolute Gasteiger partial charge is 0.245 e. The van der Waals surface area contributed by atoms with E-state index in [1.54, 1.807) is 16.4 Å². The van der Waals surface area contributed by atoms with Crippen LogP contribution in [-0.2, 0) is 10.0 Å². The summed E-state index contributed by atoms with van der Waals surface area (Å²) in [7, 11) is -3.52. The van der Waals surface area contributed by atoms with Crippen LogP contribution in [0, 0.1) is 0 Å². The highest BCUT2D eigenvalue weighted by Gasteiger charge is 2.42. The Balaban J connectivity index is 1.49. The second-order valence-corrected chi connectivity index (χ2v) is 10.8. The number of hydrogen-bond acceptors (Lipinski definition) is 5. The number of piperazine rings is 1. The minimum atomic E-state index is -3.52. The van der Waals surface area contributed by atoms with E-state index in [1.165, 1.54) is 19.3 Å². The van der Waals surface area contributed by atoms with Crippen molar-refractivity contribution in [2.24, 2.45) is 0 Å². The van der Waals surface area contributed by atoms with E-state index in [-0.39, 0.29) is 12.3 Å². The van der Waals surface area contributed by atoms with Crippen LogP contribution in [0.4, 0.5) is 0 Å². The lowest BCUT2D eigenvalue weighted by atomic mass is 9.91. The first-order valence-electron chi connectivity index (χ1n) is 10.7. The van der Waals surface area contributed by atoms with Gasteiger partial charge in [-0.25, -0.2) is 8.42 Å². The number of sulfonamides is 1. The summed E-state index contributed by atoms with van der Waals surface area (Å²) in [5.74, 6) is 0.393. The van der Waals surface area contributed by atoms with Crippen molar-refractivity contribution >= 4 is 10.0 Å². The van der Waals surface area contributed by atoms with E-state index in [4.69, 9.17) is 0 Å². The van der Waals surface area contributed by atoms with E-state index in [0.717, 1.165) is 37.8 Å². The lowest BCUT2D eigenvalue weighted by Crippen LogP contribution is -2.60. The van der Waals surface area contributed by atoms with Crippen LogP contribution in [0.25, 0.3) is 0 Å². The molecule has 0 bridgehead atoms. The average molecular weight is 407 g/mol. The van der Waals surface area contributed by atoms with Crippen molar-refractivity contribution in [3.05, 3.63) is 29.8 Å². The molecule has 156 valence electrons. The normalized spacial score (nSPS) is 28.7. The zero-order valence-corrected chi connectivity index (χ0v) is 18.2. The molecule has 1 aromatic carbocycles. The Bertz CT molecular complexity index is 768. The van der Waals surface area contributed by atoms with Gasteiger partial charge >= 0.3 is 0 Å². The molecule has 4 rings (SSSR count). The third-order valence-electron chi connectivity index (χ3n) is 6.60. The predicted molar refractivity (Wildman–Crippen MR) is 112 cm³/mol. The molecule has 7 heteroatoms. The molecule has 2 atom stereocenters. The summed E-state index contributed by atoms with van der Waals surface area (Å²) in [5, 5.41) is 3.51. The van der Waals surface area contributed by atoms with Crippen LogP contribution in [0.5, 0.6) is 0 Å². The molecule has 2 aliphatic heterocycles. The SMILES string of the molecule is CC(C)c1ccc(S(=O)(=O)N2C[C@H](C)NC2N2CCN(C3CCC3)CC2)cc1. The highest BCUT2D eigenvalue weighted by atomic mass is 32.2. The Hall–Kier alpha value is -0.990. The van der Waals surface area contributed by atoms with Crippen LogP contribution in [-0.4, -0.2) is 73.6 Å². The van der Waals surface area contributed by atoms with Crippen LogP contribution < -0.4 is 5.32 Å². The molecule has 6 nitrogen and oxygen atoms in total. The quantitative estimate of drug-likeness (QED) is 0.813. The molecule has 3 fully saturated rings. The Morgan fingerprint density at radius 3 is 2.14 bits per heavy atom. The minimum Gasteiger partial charge on any atom is -0.298 e. The molecule has 1 aromatic rings. The van der Waals surface area contributed by atoms with Gasteiger partial charge in [0.2, 0.25) is 10.0 Å². The molecule has 1 N–H and O–H groups in total. The van der Waals surface area contributed by atoms with Gasteiger partial charge in [-0.15, -0.1) is 0 Å². The standard InChI is InChI=1S/C21H34N4O2S/c1-16(2)18-7-9-20(10-8-18)28(26,27)25-15-17(3)22-21(25)24-13-11-23(12-14-24)19-5-4-6-19/h7-10,16-17,19,21-22H,4-6,11-15H2,1-3H3/t17-,21?/m0/s1. The molecule has 0 spiro atoms. The first kappa shape index (κ1) is 20.3. The second kappa shape index (κ2) is 8.03. The fourth-order valence-electron chi connectivity index (χ4n) is 4.54. The van der Waals surface area contributed by atoms with E-state index < -0.39 is 10.0 Å². The van der Waals surface area contributed by atoms with Gasteiger partial charge in [-0.3, -0.25) is 15.1 Å². The Morgan fingerprint density at radius 2 is 1.61 bits per heavy atom. The molecule has 1 saturated carbocycles. The third-order valence-corrected chi connectivity index (χ3v) is 8.43. The summed E-state index contributed by atoms with van der Waals surface area (Å²) in [6.45, 7) is 10.7. The highest BCUT2D eigenvalue weighted by molar-refractivity contribution is 7.89. The number of rotatable bonds is 5. The first-order chi connectivity index (χ1) is 13.4. The van der Waals surface area contributed by atoms with Crippen molar-refractivity contribution in [1.29, 1.82) is 0 Å². The van der Waals surface area contributed by atoms with Gasteiger partial charge in [-0.2, -0.15) is 4.31 Å². The second-order valence-electron chi connectivity index (χ2n) is 8.90. The maximum atomic E-state index is 13.4. The van der Waals surface area contributed by atoms with Crippen LogP contribution in [0.15, 0.2) is 29.2 Å². The first-order valence-corrected chi connectivity index (χ1v) is 12.2. The van der Waals surface area contributed by atoms with Crippen molar-refractivity contribution in [3.63, 3.8) is 0 Å². The number of benzene rings is 1. The van der Waals surface area contributed by atoms with Gasteiger partial charge in [0.15, 0.2) is 0 Å². The summed E-state index contributed by atoms with van der Waals surface area (Å²) in [6.07, 6.45) is 3.76. The lowest BCUT2D eigenvalue weighted by Gasteiger charge is -2.45. The van der Waals surface area contributed by atoms with Crippen molar-refractivity contribution in [2.45, 2.75) is 69.2 Å². The van der Waals surface area contributed by atoms with Crippen LogP contribution in [0.1, 0.15) is 51.5 Å². The largest absolute Gasteiger partial charge is 0.298 e. The van der Waals surface area contributed by atoms with Crippen molar-refractivity contribution in [2.75, 3.05) is 32.7 Å². The zero-order valence-electron chi connectivity index (χ0n) is 17.3. The average Bonchev–Trinajstić information content (AvgIpc) is 3.04. The van der Waals surface area contributed by atoms with Gasteiger partial charge in [-0.1, -0.05) is 32.4 Å². The Labute approximate surface area is 169 Å². The maximum absolute atomic E-state index is 13.4. The van der Waals surface area contributed by atoms with Gasteiger partial charge in [0, 0.05) is 44.8 Å². The summed E-state index contributed by atoms with van der Waals surface area (Å²) >= 11 is 0. The fourth-order valence-corrected chi connectivity index (χ4v) is 6.16. The van der Waals surface area contributed by atoms with E-state index in [2.05, 4.69) is 35.9 Å². The zero-order chi connectivity index (χ0) is 19.9. The van der Waals surface area contributed by atoms with Crippen molar-refractivity contribution < 1.29 is 8.42 Å². The molecule has 28 heavy (non-hydrogen) atoms. The number of hydrogen-bond donors (Lipinski definition) is 1. The lowest BCUT2D eigenvalue weighted by molar-refractivity contribution is 0.0165. The van der Waals surface area contributed by atoms with E-state index in [0.29, 0.717) is 17.4 Å². The van der Waals surface area contributed by atoms with Crippen molar-refractivity contribution in [1.82, 2.24) is 19.4 Å². The van der Waals surface area contributed by atoms with Crippen molar-refractivity contribution in [3.8, 4) is 0 Å².